The van der Waals surface area contributed by atoms with E-state index in [2.05, 4.69) is 27.7 Å². The van der Waals surface area contributed by atoms with E-state index < -0.39 is 11.8 Å². The van der Waals surface area contributed by atoms with Crippen LogP contribution in [-0.2, 0) is 22.4 Å². The molecule has 0 fully saturated rings. The summed E-state index contributed by atoms with van der Waals surface area (Å²) in [5.41, 5.74) is 5.76. The minimum Gasteiger partial charge on any atom is -0.481 e. The molecule has 0 saturated carbocycles. The minimum absolute atomic E-state index is 0.0487. The number of rotatable bonds is 9. The molecular formula is C28H28FN3O3. The molecular weight excluding hydrogens is 445 g/mol. The van der Waals surface area contributed by atoms with Crippen LogP contribution in [0.5, 0.6) is 0 Å². The molecule has 0 aromatic heterocycles. The molecule has 3 N–H and O–H groups in total. The van der Waals surface area contributed by atoms with Crippen molar-refractivity contribution in [3.8, 4) is 0 Å². The van der Waals surface area contributed by atoms with Crippen LogP contribution < -0.4 is 10.6 Å². The molecule has 0 unspecified atom stereocenters. The van der Waals surface area contributed by atoms with Gasteiger partial charge in [0.05, 0.1) is 17.0 Å². The van der Waals surface area contributed by atoms with Crippen LogP contribution in [-0.4, -0.2) is 42.5 Å². The molecule has 0 radical (unpaired) electrons. The molecule has 0 saturated heterocycles. The van der Waals surface area contributed by atoms with Crippen LogP contribution in [0.4, 0.5) is 15.8 Å². The van der Waals surface area contributed by atoms with E-state index in [0.717, 1.165) is 29.8 Å². The number of carbonyl (C=O) groups excluding carboxylic acids is 1. The number of likely N-dealkylation sites (N-methyl/N-ethyl adjacent to an activating group) is 1. The first kappa shape index (κ1) is 24.2. The number of aliphatic carboxylic acids is 1. The lowest BCUT2D eigenvalue weighted by atomic mass is 9.98. The number of anilines is 2. The van der Waals surface area contributed by atoms with Gasteiger partial charge in [0.15, 0.2) is 0 Å². The third kappa shape index (κ3) is 5.94. The predicted octanol–water partition coefficient (Wildman–Crippen LogP) is 4.88. The molecule has 35 heavy (non-hydrogen) atoms. The molecule has 4 rings (SSSR count). The maximum atomic E-state index is 13.8. The van der Waals surface area contributed by atoms with E-state index in [9.17, 15) is 14.0 Å². The van der Waals surface area contributed by atoms with Gasteiger partial charge in [-0.15, -0.1) is 0 Å². The maximum absolute atomic E-state index is 13.8. The summed E-state index contributed by atoms with van der Waals surface area (Å²) >= 11 is 0. The van der Waals surface area contributed by atoms with Crippen LogP contribution in [0.1, 0.15) is 28.7 Å². The Hall–Kier alpha value is -3.97. The number of halogens is 1. The zero-order valence-corrected chi connectivity index (χ0v) is 19.8. The number of nitrogens with zero attached hydrogens (tertiary/aromatic N) is 1. The molecule has 0 spiro atoms. The van der Waals surface area contributed by atoms with Gasteiger partial charge in [-0.3, -0.25) is 9.59 Å². The molecule has 0 atom stereocenters. The van der Waals surface area contributed by atoms with Crippen LogP contribution in [0.3, 0.4) is 0 Å². The first-order chi connectivity index (χ1) is 16.8. The Kier molecular flexibility index (Phi) is 7.27. The lowest BCUT2D eigenvalue weighted by molar-refractivity contribution is -0.137. The fraction of sp³-hybridized carbons (Fsp3) is 0.214. The van der Waals surface area contributed by atoms with Crippen LogP contribution in [0, 0.1) is 5.82 Å². The number of hydrogen-bond acceptors (Lipinski definition) is 4. The quantitative estimate of drug-likeness (QED) is 0.386. The number of carboxylic acids is 1. The molecule has 3 aromatic rings. The smallest absolute Gasteiger partial charge is 0.303 e. The summed E-state index contributed by atoms with van der Waals surface area (Å²) in [6.07, 6.45) is 1.40. The Morgan fingerprint density at radius 1 is 0.971 bits per heavy atom. The van der Waals surface area contributed by atoms with Gasteiger partial charge in [0.2, 0.25) is 0 Å². The number of nitrogens with one attached hydrogen (secondary N) is 2. The highest BCUT2D eigenvalue weighted by Gasteiger charge is 2.28. The van der Waals surface area contributed by atoms with Crippen molar-refractivity contribution in [2.24, 2.45) is 0 Å². The maximum Gasteiger partial charge on any atom is 0.303 e. The number of aryl methyl sites for hydroxylation is 1. The van der Waals surface area contributed by atoms with E-state index in [1.165, 1.54) is 17.7 Å². The molecule has 1 aliphatic heterocycles. The number of carbonyl (C=O) groups is 2. The Morgan fingerprint density at radius 3 is 2.29 bits per heavy atom. The van der Waals surface area contributed by atoms with Gasteiger partial charge in [0, 0.05) is 24.2 Å². The lowest BCUT2D eigenvalue weighted by Crippen LogP contribution is -2.15. The Morgan fingerprint density at radius 2 is 1.63 bits per heavy atom. The Balaban J connectivity index is 1.71. The summed E-state index contributed by atoms with van der Waals surface area (Å²) in [7, 11) is 4.08. The zero-order valence-electron chi connectivity index (χ0n) is 19.8. The van der Waals surface area contributed by atoms with Gasteiger partial charge in [0.25, 0.3) is 5.91 Å². The minimum atomic E-state index is -0.848. The van der Waals surface area contributed by atoms with E-state index in [4.69, 9.17) is 5.11 Å². The molecule has 1 aliphatic rings. The number of amides is 1. The summed E-state index contributed by atoms with van der Waals surface area (Å²) in [6.45, 7) is 0.948. The van der Waals surface area contributed by atoms with E-state index in [1.807, 2.05) is 50.5 Å². The van der Waals surface area contributed by atoms with Crippen molar-refractivity contribution in [1.29, 1.82) is 0 Å². The second-order valence-corrected chi connectivity index (χ2v) is 8.86. The summed E-state index contributed by atoms with van der Waals surface area (Å²) in [5, 5.41) is 15.1. The number of benzene rings is 3. The molecule has 1 amide bonds. The summed E-state index contributed by atoms with van der Waals surface area (Å²) in [6, 6.07) is 19.8. The molecule has 1 heterocycles. The fourth-order valence-corrected chi connectivity index (χ4v) is 4.01. The highest BCUT2D eigenvalue weighted by atomic mass is 19.1. The predicted molar refractivity (Wildman–Crippen MR) is 137 cm³/mol. The average Bonchev–Trinajstić information content (AvgIpc) is 3.15. The first-order valence-corrected chi connectivity index (χ1v) is 11.5. The fourth-order valence-electron chi connectivity index (χ4n) is 4.01. The average molecular weight is 474 g/mol. The van der Waals surface area contributed by atoms with Crippen molar-refractivity contribution < 1.29 is 19.1 Å². The number of hydrogen-bond donors (Lipinski definition) is 3. The molecule has 6 nitrogen and oxygen atoms in total. The van der Waals surface area contributed by atoms with Crippen molar-refractivity contribution in [1.82, 2.24) is 4.90 Å². The monoisotopic (exact) mass is 473 g/mol. The summed E-state index contributed by atoms with van der Waals surface area (Å²) in [4.78, 5) is 26.0. The van der Waals surface area contributed by atoms with Gasteiger partial charge in [-0.2, -0.15) is 0 Å². The van der Waals surface area contributed by atoms with E-state index in [0.29, 0.717) is 28.9 Å². The van der Waals surface area contributed by atoms with Crippen molar-refractivity contribution >= 4 is 34.5 Å². The van der Waals surface area contributed by atoms with Crippen molar-refractivity contribution in [3.05, 3.63) is 94.8 Å². The first-order valence-electron chi connectivity index (χ1n) is 11.5. The SMILES string of the molecule is CN(C)CCc1ccc(NC(=C2C(=O)Nc3cc(F)ccc32)c2ccc(CCC(=O)O)cc2)cc1. The van der Waals surface area contributed by atoms with Gasteiger partial charge in [0.1, 0.15) is 5.82 Å². The second-order valence-electron chi connectivity index (χ2n) is 8.86. The third-order valence-corrected chi connectivity index (χ3v) is 5.92. The Labute approximate surface area is 204 Å². The van der Waals surface area contributed by atoms with Gasteiger partial charge >= 0.3 is 5.97 Å². The molecule has 7 heteroatoms. The van der Waals surface area contributed by atoms with Crippen LogP contribution in [0.2, 0.25) is 0 Å². The van der Waals surface area contributed by atoms with Gasteiger partial charge in [-0.05, 0) is 74.0 Å². The van der Waals surface area contributed by atoms with Crippen molar-refractivity contribution in [2.75, 3.05) is 31.3 Å². The van der Waals surface area contributed by atoms with E-state index in [-0.39, 0.29) is 12.3 Å². The van der Waals surface area contributed by atoms with Crippen LogP contribution >= 0.6 is 0 Å². The van der Waals surface area contributed by atoms with Gasteiger partial charge in [-0.1, -0.05) is 36.4 Å². The van der Waals surface area contributed by atoms with Crippen molar-refractivity contribution in [2.45, 2.75) is 19.3 Å². The molecule has 180 valence electrons. The van der Waals surface area contributed by atoms with Crippen LogP contribution in [0.25, 0.3) is 11.3 Å². The highest BCUT2D eigenvalue weighted by molar-refractivity contribution is 6.37. The van der Waals surface area contributed by atoms with Crippen molar-refractivity contribution in [3.63, 3.8) is 0 Å². The van der Waals surface area contributed by atoms with E-state index >= 15 is 0 Å². The lowest BCUT2D eigenvalue weighted by Gasteiger charge is -2.16. The molecule has 0 bridgehead atoms. The highest BCUT2D eigenvalue weighted by Crippen LogP contribution is 2.38. The molecule has 3 aromatic carbocycles. The second kappa shape index (κ2) is 10.5. The van der Waals surface area contributed by atoms with Crippen LogP contribution in [0.15, 0.2) is 66.7 Å². The van der Waals surface area contributed by atoms with Gasteiger partial charge in [-0.25, -0.2) is 4.39 Å². The zero-order chi connectivity index (χ0) is 24.9. The molecule has 0 aliphatic carbocycles. The standard InChI is InChI=1S/C28H28FN3O3/c1-32(2)16-15-19-5-11-22(12-6-19)30-27(20-8-3-18(4-9-20)7-14-25(33)34)26-23-13-10-21(29)17-24(23)31-28(26)35/h3-6,8-13,17,30H,7,14-16H2,1-2H3,(H,31,35)(H,33,34). The Bertz CT molecular complexity index is 1270. The number of fused-ring (bicyclic) bond motifs is 1. The summed E-state index contributed by atoms with van der Waals surface area (Å²) < 4.78 is 13.8. The largest absolute Gasteiger partial charge is 0.481 e. The normalized spacial score (nSPS) is 14.0. The van der Waals surface area contributed by atoms with E-state index in [1.54, 1.807) is 6.07 Å². The van der Waals surface area contributed by atoms with Gasteiger partial charge < -0.3 is 20.6 Å². The third-order valence-electron chi connectivity index (χ3n) is 5.92. The summed E-state index contributed by atoms with van der Waals surface area (Å²) in [5.74, 6) is -1.58. The topological polar surface area (TPSA) is 81.7 Å². The number of carboxylic acid groups (broad SMARTS) is 1.